The zero-order valence-corrected chi connectivity index (χ0v) is 8.87. The third-order valence-corrected chi connectivity index (χ3v) is 2.97. The molecule has 6 heteroatoms. The van der Waals surface area contributed by atoms with Crippen LogP contribution >= 0.6 is 0 Å². The van der Waals surface area contributed by atoms with E-state index < -0.39 is 11.9 Å². The summed E-state index contributed by atoms with van der Waals surface area (Å²) >= 11 is 0. The van der Waals surface area contributed by atoms with Gasteiger partial charge in [0.2, 0.25) is 11.8 Å². The third kappa shape index (κ3) is 1.49. The van der Waals surface area contributed by atoms with Gasteiger partial charge in [0, 0.05) is 6.54 Å². The number of rotatable bonds is 0. The summed E-state index contributed by atoms with van der Waals surface area (Å²) in [5.74, 6) is -0.891. The highest BCUT2D eigenvalue weighted by atomic mass is 19.1. The summed E-state index contributed by atoms with van der Waals surface area (Å²) in [6.45, 7) is 0.549. The van der Waals surface area contributed by atoms with Crippen LogP contribution in [0.15, 0.2) is 18.2 Å². The molecule has 2 N–H and O–H groups in total. The zero-order chi connectivity index (χ0) is 12.0. The van der Waals surface area contributed by atoms with Crippen molar-refractivity contribution in [1.82, 2.24) is 5.32 Å². The Morgan fingerprint density at radius 2 is 2.18 bits per heavy atom. The maximum absolute atomic E-state index is 13.2. The number of nitrogens with one attached hydrogen (secondary N) is 2. The van der Waals surface area contributed by atoms with E-state index in [0.29, 0.717) is 17.9 Å². The molecule has 2 aliphatic heterocycles. The predicted octanol–water partition coefficient (Wildman–Crippen LogP) is 0.0826. The van der Waals surface area contributed by atoms with Crippen LogP contribution in [-0.4, -0.2) is 30.9 Å². The average molecular weight is 235 g/mol. The highest BCUT2D eigenvalue weighted by Crippen LogP contribution is 2.33. The van der Waals surface area contributed by atoms with Crippen LogP contribution in [0.5, 0.6) is 0 Å². The summed E-state index contributed by atoms with van der Waals surface area (Å²) < 4.78 is 13.2. The molecule has 0 aromatic heterocycles. The average Bonchev–Trinajstić information content (AvgIpc) is 2.30. The molecule has 2 heterocycles. The minimum absolute atomic E-state index is 0.166. The Morgan fingerprint density at radius 1 is 1.35 bits per heavy atom. The maximum atomic E-state index is 13.2. The number of carbonyl (C=O) groups excluding carboxylic acids is 2. The number of anilines is 2. The summed E-state index contributed by atoms with van der Waals surface area (Å²) in [6.07, 6.45) is 0. The van der Waals surface area contributed by atoms with Crippen LogP contribution in [0.25, 0.3) is 0 Å². The molecule has 1 aromatic carbocycles. The highest BCUT2D eigenvalue weighted by Gasteiger charge is 2.39. The quantitative estimate of drug-likeness (QED) is 0.669. The number of hydrogen-bond acceptors (Lipinski definition) is 3. The Labute approximate surface area is 96.6 Å². The number of nitrogens with zero attached hydrogens (tertiary/aromatic N) is 1. The number of hydrogen-bond donors (Lipinski definition) is 2. The molecule has 1 atom stereocenters. The van der Waals surface area contributed by atoms with Crippen LogP contribution < -0.4 is 15.5 Å². The van der Waals surface area contributed by atoms with Gasteiger partial charge in [-0.2, -0.15) is 0 Å². The molecule has 1 unspecified atom stereocenters. The Balaban J connectivity index is 2.14. The van der Waals surface area contributed by atoms with E-state index in [2.05, 4.69) is 10.6 Å². The molecule has 1 saturated heterocycles. The van der Waals surface area contributed by atoms with Crippen LogP contribution in [0.4, 0.5) is 15.8 Å². The van der Waals surface area contributed by atoms with Gasteiger partial charge in [0.15, 0.2) is 0 Å². The molecule has 0 spiro atoms. The Kier molecular flexibility index (Phi) is 2.12. The van der Waals surface area contributed by atoms with Crippen LogP contribution in [0.2, 0.25) is 0 Å². The normalized spacial score (nSPS) is 22.9. The Bertz CT molecular complexity index is 517. The molecule has 3 rings (SSSR count). The van der Waals surface area contributed by atoms with Gasteiger partial charge in [0.25, 0.3) is 0 Å². The van der Waals surface area contributed by atoms with E-state index in [4.69, 9.17) is 0 Å². The van der Waals surface area contributed by atoms with E-state index in [0.717, 1.165) is 0 Å². The second-order valence-electron chi connectivity index (χ2n) is 4.06. The molecule has 1 aromatic rings. The lowest BCUT2D eigenvalue weighted by Crippen LogP contribution is -2.61. The number of amides is 2. The van der Waals surface area contributed by atoms with Gasteiger partial charge in [0.1, 0.15) is 11.9 Å². The molecule has 2 amide bonds. The topological polar surface area (TPSA) is 61.4 Å². The van der Waals surface area contributed by atoms with Crippen LogP contribution in [0.3, 0.4) is 0 Å². The first kappa shape index (κ1) is 10.2. The number of benzene rings is 1. The molecule has 2 aliphatic rings. The molecular weight excluding hydrogens is 225 g/mol. The molecule has 0 bridgehead atoms. The number of piperazine rings is 1. The van der Waals surface area contributed by atoms with Gasteiger partial charge in [-0.1, -0.05) is 0 Å². The van der Waals surface area contributed by atoms with E-state index in [1.807, 2.05) is 0 Å². The lowest BCUT2D eigenvalue weighted by Gasteiger charge is -2.39. The van der Waals surface area contributed by atoms with Crippen molar-refractivity contribution >= 4 is 23.2 Å². The second kappa shape index (κ2) is 3.53. The number of halogens is 1. The molecule has 0 saturated carbocycles. The van der Waals surface area contributed by atoms with Crippen molar-refractivity contribution in [3.8, 4) is 0 Å². The summed E-state index contributed by atoms with van der Waals surface area (Å²) in [5.41, 5.74) is 0.906. The first-order valence-corrected chi connectivity index (χ1v) is 5.30. The van der Waals surface area contributed by atoms with Gasteiger partial charge < -0.3 is 10.6 Å². The van der Waals surface area contributed by atoms with E-state index >= 15 is 0 Å². The Hall–Kier alpha value is -1.95. The van der Waals surface area contributed by atoms with Crippen LogP contribution in [-0.2, 0) is 9.59 Å². The fourth-order valence-electron chi connectivity index (χ4n) is 2.20. The van der Waals surface area contributed by atoms with Gasteiger partial charge in [-0.15, -0.1) is 0 Å². The van der Waals surface area contributed by atoms with E-state index in [1.54, 1.807) is 0 Å². The fraction of sp³-hybridized carbons (Fsp3) is 0.273. The zero-order valence-electron chi connectivity index (χ0n) is 8.87. The first-order valence-electron chi connectivity index (χ1n) is 5.30. The van der Waals surface area contributed by atoms with Crippen molar-refractivity contribution in [2.45, 2.75) is 6.04 Å². The molecule has 88 valence electrons. The van der Waals surface area contributed by atoms with Gasteiger partial charge >= 0.3 is 0 Å². The highest BCUT2D eigenvalue weighted by molar-refractivity contribution is 6.13. The smallest absolute Gasteiger partial charge is 0.248 e. The first-order chi connectivity index (χ1) is 8.16. The second-order valence-corrected chi connectivity index (χ2v) is 4.06. The molecule has 5 nitrogen and oxygen atoms in total. The molecule has 17 heavy (non-hydrogen) atoms. The summed E-state index contributed by atoms with van der Waals surface area (Å²) in [5, 5.41) is 5.53. The monoisotopic (exact) mass is 235 g/mol. The van der Waals surface area contributed by atoms with Crippen molar-refractivity contribution in [3.05, 3.63) is 24.0 Å². The Morgan fingerprint density at radius 3 is 3.00 bits per heavy atom. The van der Waals surface area contributed by atoms with E-state index in [9.17, 15) is 14.0 Å². The molecule has 1 fully saturated rings. The molecular formula is C11H10FN3O2. The standard InChI is InChI=1S/C11H10FN3O2/c12-6-1-2-7-8(3-6)15-9(11(17)14-7)4-13-5-10(15)16/h1-3,9,13H,4-5H2,(H,14,17). The van der Waals surface area contributed by atoms with Gasteiger partial charge in [-0.3, -0.25) is 14.5 Å². The molecule has 0 radical (unpaired) electrons. The lowest BCUT2D eigenvalue weighted by molar-refractivity contribution is -0.124. The van der Waals surface area contributed by atoms with Crippen molar-refractivity contribution in [1.29, 1.82) is 0 Å². The predicted molar refractivity (Wildman–Crippen MR) is 59.2 cm³/mol. The largest absolute Gasteiger partial charge is 0.322 e. The van der Waals surface area contributed by atoms with E-state index in [-0.39, 0.29) is 18.4 Å². The van der Waals surface area contributed by atoms with Gasteiger partial charge in [0.05, 0.1) is 17.9 Å². The molecule has 0 aliphatic carbocycles. The van der Waals surface area contributed by atoms with Crippen molar-refractivity contribution in [2.75, 3.05) is 23.3 Å². The van der Waals surface area contributed by atoms with Crippen LogP contribution in [0.1, 0.15) is 0 Å². The van der Waals surface area contributed by atoms with Crippen molar-refractivity contribution in [2.24, 2.45) is 0 Å². The summed E-state index contributed by atoms with van der Waals surface area (Å²) in [4.78, 5) is 25.0. The summed E-state index contributed by atoms with van der Waals surface area (Å²) in [6, 6.07) is 3.40. The number of fused-ring (bicyclic) bond motifs is 3. The van der Waals surface area contributed by atoms with E-state index in [1.165, 1.54) is 23.1 Å². The summed E-state index contributed by atoms with van der Waals surface area (Å²) in [7, 11) is 0. The third-order valence-electron chi connectivity index (χ3n) is 2.97. The minimum atomic E-state index is -0.592. The van der Waals surface area contributed by atoms with Gasteiger partial charge in [-0.05, 0) is 18.2 Å². The SMILES string of the molecule is O=C1Nc2ccc(F)cc2N2C(=O)CNCC12. The van der Waals surface area contributed by atoms with Crippen molar-refractivity contribution in [3.63, 3.8) is 0 Å². The van der Waals surface area contributed by atoms with Crippen molar-refractivity contribution < 1.29 is 14.0 Å². The fourth-order valence-corrected chi connectivity index (χ4v) is 2.20. The minimum Gasteiger partial charge on any atom is -0.322 e. The van der Waals surface area contributed by atoms with Crippen LogP contribution in [0, 0.1) is 5.82 Å². The lowest BCUT2D eigenvalue weighted by atomic mass is 10.1. The number of carbonyl (C=O) groups is 2. The maximum Gasteiger partial charge on any atom is 0.248 e. The van der Waals surface area contributed by atoms with Gasteiger partial charge in [-0.25, -0.2) is 4.39 Å².